The number of carbonyl (C=O) groups is 2. The summed E-state index contributed by atoms with van der Waals surface area (Å²) in [6, 6.07) is 17.0. The molecule has 0 bridgehead atoms. The fraction of sp³-hybridized carbons (Fsp3) is 0.548. The zero-order chi connectivity index (χ0) is 26.5. The van der Waals surface area contributed by atoms with Gasteiger partial charge < -0.3 is 20.3 Å². The first-order valence-corrected chi connectivity index (χ1v) is 13.9. The maximum Gasteiger partial charge on any atom is 0.407 e. The van der Waals surface area contributed by atoms with Gasteiger partial charge in [-0.15, -0.1) is 0 Å². The maximum absolute atomic E-state index is 13.8. The van der Waals surface area contributed by atoms with Crippen molar-refractivity contribution in [1.29, 1.82) is 0 Å². The number of amides is 2. The largest absolute Gasteiger partial charge is 0.444 e. The van der Waals surface area contributed by atoms with Crippen LogP contribution in [0.2, 0.25) is 0 Å². The number of fused-ring (bicyclic) bond motifs is 3. The number of rotatable bonds is 9. The Hall–Kier alpha value is -2.86. The van der Waals surface area contributed by atoms with Gasteiger partial charge in [0.1, 0.15) is 11.0 Å². The van der Waals surface area contributed by atoms with Gasteiger partial charge in [0.15, 0.2) is 0 Å². The number of ether oxygens (including phenoxy) is 1. The van der Waals surface area contributed by atoms with Gasteiger partial charge >= 0.3 is 6.09 Å². The first kappa shape index (κ1) is 27.2. The number of nitrogens with one attached hydrogen (secondary N) is 2. The quantitative estimate of drug-likeness (QED) is 0.433. The Morgan fingerprint density at radius 2 is 1.57 bits per heavy atom. The van der Waals surface area contributed by atoms with Crippen molar-refractivity contribution in [2.24, 2.45) is 0 Å². The van der Waals surface area contributed by atoms with Crippen molar-refractivity contribution in [1.82, 2.24) is 15.5 Å². The Bertz CT molecular complexity index is 1040. The van der Waals surface area contributed by atoms with Crippen LogP contribution in [0.3, 0.4) is 0 Å². The Morgan fingerprint density at radius 1 is 0.973 bits per heavy atom. The molecule has 0 saturated carbocycles. The molecule has 2 aromatic rings. The molecule has 6 heteroatoms. The third-order valence-electron chi connectivity index (χ3n) is 7.57. The van der Waals surface area contributed by atoms with Crippen LogP contribution < -0.4 is 10.6 Å². The van der Waals surface area contributed by atoms with E-state index >= 15 is 0 Å². The zero-order valence-electron chi connectivity index (χ0n) is 22.9. The normalized spacial score (nSPS) is 17.1. The third kappa shape index (κ3) is 6.18. The molecule has 0 atom stereocenters. The number of piperidine rings is 1. The van der Waals surface area contributed by atoms with Crippen LogP contribution in [0, 0.1) is 0 Å². The van der Waals surface area contributed by atoms with Crippen LogP contribution in [0.15, 0.2) is 48.5 Å². The van der Waals surface area contributed by atoms with Crippen LogP contribution in [-0.2, 0) is 14.9 Å². The maximum atomic E-state index is 13.8. The molecule has 1 fully saturated rings. The summed E-state index contributed by atoms with van der Waals surface area (Å²) in [6.07, 6.45) is 5.27. The Balaban J connectivity index is 1.36. The third-order valence-corrected chi connectivity index (χ3v) is 7.57. The van der Waals surface area contributed by atoms with E-state index in [0.29, 0.717) is 6.54 Å². The lowest BCUT2D eigenvalue weighted by molar-refractivity contribution is -0.125. The van der Waals surface area contributed by atoms with Gasteiger partial charge in [-0.1, -0.05) is 61.9 Å². The van der Waals surface area contributed by atoms with E-state index in [0.717, 1.165) is 69.3 Å². The number of alkyl carbamates (subject to hydrolysis) is 1. The van der Waals surface area contributed by atoms with Crippen molar-refractivity contribution in [3.63, 3.8) is 0 Å². The lowest BCUT2D eigenvalue weighted by atomic mass is 9.73. The Labute approximate surface area is 222 Å². The summed E-state index contributed by atoms with van der Waals surface area (Å²) < 4.78 is 5.40. The van der Waals surface area contributed by atoms with Crippen molar-refractivity contribution < 1.29 is 14.3 Å². The van der Waals surface area contributed by atoms with Gasteiger partial charge in [0.05, 0.1) is 0 Å². The van der Waals surface area contributed by atoms with Crippen molar-refractivity contribution >= 4 is 12.0 Å². The minimum absolute atomic E-state index is 0.126. The second-order valence-corrected chi connectivity index (χ2v) is 11.5. The van der Waals surface area contributed by atoms with Crippen molar-refractivity contribution in [3.8, 4) is 11.1 Å². The van der Waals surface area contributed by atoms with Crippen molar-refractivity contribution in [2.45, 2.75) is 83.3 Å². The van der Waals surface area contributed by atoms with E-state index in [9.17, 15) is 9.59 Å². The van der Waals surface area contributed by atoms with Crippen LogP contribution >= 0.6 is 0 Å². The molecular weight excluding hydrogens is 462 g/mol. The molecule has 1 aliphatic carbocycles. The summed E-state index contributed by atoms with van der Waals surface area (Å²) in [6.45, 7) is 11.4. The number of nitrogens with zero attached hydrogens (tertiary/aromatic N) is 1. The molecule has 2 amide bonds. The molecule has 0 radical (unpaired) electrons. The summed E-state index contributed by atoms with van der Waals surface area (Å²) in [5.41, 5.74) is 3.54. The topological polar surface area (TPSA) is 70.7 Å². The number of hydrogen-bond acceptors (Lipinski definition) is 4. The van der Waals surface area contributed by atoms with Crippen molar-refractivity contribution in [3.05, 3.63) is 59.7 Å². The molecule has 200 valence electrons. The van der Waals surface area contributed by atoms with Crippen molar-refractivity contribution in [2.75, 3.05) is 26.2 Å². The van der Waals surface area contributed by atoms with E-state index in [1.165, 1.54) is 11.1 Å². The molecule has 1 saturated heterocycles. The van der Waals surface area contributed by atoms with Gasteiger partial charge in [0, 0.05) is 25.7 Å². The van der Waals surface area contributed by atoms with E-state index in [-0.39, 0.29) is 18.0 Å². The van der Waals surface area contributed by atoms with Gasteiger partial charge in [-0.3, -0.25) is 4.79 Å². The molecular formula is C31H43N3O3. The summed E-state index contributed by atoms with van der Waals surface area (Å²) in [5.74, 6) is 0.126. The van der Waals surface area contributed by atoms with Gasteiger partial charge in [-0.05, 0) is 81.7 Å². The van der Waals surface area contributed by atoms with Crippen LogP contribution in [0.25, 0.3) is 11.1 Å². The smallest absolute Gasteiger partial charge is 0.407 e. The molecule has 1 heterocycles. The molecule has 2 N–H and O–H groups in total. The SMILES string of the molecule is CCCNC(=O)C1(CCCCN2CCC(NC(=O)OC(C)(C)C)CC2)c2ccccc2-c2ccccc21. The molecule has 0 aromatic heterocycles. The molecule has 37 heavy (non-hydrogen) atoms. The minimum Gasteiger partial charge on any atom is -0.444 e. The number of carbonyl (C=O) groups excluding carboxylic acids is 2. The highest BCUT2D eigenvalue weighted by Gasteiger charge is 2.48. The molecule has 2 aliphatic rings. The van der Waals surface area contributed by atoms with E-state index in [2.05, 4.69) is 71.0 Å². The fourth-order valence-corrected chi connectivity index (χ4v) is 5.84. The molecule has 6 nitrogen and oxygen atoms in total. The van der Waals surface area contributed by atoms with E-state index in [1.807, 2.05) is 20.8 Å². The highest BCUT2D eigenvalue weighted by Crippen LogP contribution is 2.51. The van der Waals surface area contributed by atoms with E-state index in [4.69, 9.17) is 4.74 Å². The lowest BCUT2D eigenvalue weighted by Gasteiger charge is -2.33. The first-order chi connectivity index (χ1) is 17.7. The van der Waals surface area contributed by atoms with Gasteiger partial charge in [0.2, 0.25) is 5.91 Å². The minimum atomic E-state index is -0.632. The zero-order valence-corrected chi connectivity index (χ0v) is 22.9. The monoisotopic (exact) mass is 505 g/mol. The second kappa shape index (κ2) is 11.7. The molecule has 2 aromatic carbocycles. The van der Waals surface area contributed by atoms with Gasteiger partial charge in [-0.25, -0.2) is 4.79 Å². The Kier molecular flexibility index (Phi) is 8.58. The van der Waals surface area contributed by atoms with E-state index < -0.39 is 11.0 Å². The summed E-state index contributed by atoms with van der Waals surface area (Å²) in [7, 11) is 0. The van der Waals surface area contributed by atoms with Crippen LogP contribution in [0.5, 0.6) is 0 Å². The molecule has 0 unspecified atom stereocenters. The Morgan fingerprint density at radius 3 is 2.14 bits per heavy atom. The number of unbranched alkanes of at least 4 members (excludes halogenated alkanes) is 1. The summed E-state index contributed by atoms with van der Waals surface area (Å²) in [5, 5.41) is 6.25. The van der Waals surface area contributed by atoms with Crippen LogP contribution in [0.4, 0.5) is 4.79 Å². The fourth-order valence-electron chi connectivity index (χ4n) is 5.84. The first-order valence-electron chi connectivity index (χ1n) is 13.9. The summed E-state index contributed by atoms with van der Waals surface area (Å²) in [4.78, 5) is 28.4. The number of likely N-dealkylation sites (tertiary alicyclic amines) is 1. The molecule has 1 aliphatic heterocycles. The summed E-state index contributed by atoms with van der Waals surface area (Å²) >= 11 is 0. The van der Waals surface area contributed by atoms with Crippen LogP contribution in [-0.4, -0.2) is 54.7 Å². The predicted octanol–water partition coefficient (Wildman–Crippen LogP) is 5.64. The van der Waals surface area contributed by atoms with Gasteiger partial charge in [0.25, 0.3) is 0 Å². The number of benzene rings is 2. The number of hydrogen-bond donors (Lipinski definition) is 2. The molecule has 0 spiro atoms. The predicted molar refractivity (Wildman–Crippen MR) is 149 cm³/mol. The van der Waals surface area contributed by atoms with E-state index in [1.54, 1.807) is 0 Å². The highest BCUT2D eigenvalue weighted by atomic mass is 16.6. The standard InChI is InChI=1S/C31H43N3O3/c1-5-19-32-28(35)31(26-14-8-6-12-24(26)25-13-7-9-15-27(25)31)18-10-11-20-34-21-16-23(17-22-34)33-29(36)37-30(2,3)4/h6-9,12-15,23H,5,10-11,16-22H2,1-4H3,(H,32,35)(H,33,36). The molecule has 4 rings (SSSR count). The lowest BCUT2D eigenvalue weighted by Crippen LogP contribution is -2.46. The second-order valence-electron chi connectivity index (χ2n) is 11.5. The highest BCUT2D eigenvalue weighted by molar-refractivity contribution is 6.00. The van der Waals surface area contributed by atoms with Gasteiger partial charge in [-0.2, -0.15) is 0 Å². The van der Waals surface area contributed by atoms with Crippen LogP contribution in [0.1, 0.15) is 77.3 Å². The average Bonchev–Trinajstić information content (AvgIpc) is 3.16. The average molecular weight is 506 g/mol.